The van der Waals surface area contributed by atoms with Crippen LogP contribution in [0.1, 0.15) is 18.1 Å². The lowest BCUT2D eigenvalue weighted by atomic mass is 10.1. The number of amides is 1. The molecule has 0 spiro atoms. The van der Waals surface area contributed by atoms with E-state index in [0.29, 0.717) is 23.2 Å². The van der Waals surface area contributed by atoms with E-state index in [4.69, 9.17) is 9.47 Å². The molecule has 1 N–H and O–H groups in total. The van der Waals surface area contributed by atoms with Crippen LogP contribution in [0, 0.1) is 6.92 Å². The molecule has 1 amide bonds. The van der Waals surface area contributed by atoms with Gasteiger partial charge in [-0.2, -0.15) is 0 Å². The van der Waals surface area contributed by atoms with Crippen molar-refractivity contribution in [3.63, 3.8) is 0 Å². The molecule has 1 heterocycles. The molecule has 7 heteroatoms. The van der Waals surface area contributed by atoms with Gasteiger partial charge >= 0.3 is 0 Å². The minimum absolute atomic E-state index is 0.0782. The molecule has 1 unspecified atom stereocenters. The molecular formula is C17H23N3O3S. The minimum atomic E-state index is -0.290. The number of hydrogen-bond donors (Lipinski definition) is 1. The maximum atomic E-state index is 12.3. The third-order valence-corrected chi connectivity index (χ3v) is 4.65. The predicted molar refractivity (Wildman–Crippen MR) is 96.0 cm³/mol. The zero-order valence-electron chi connectivity index (χ0n) is 14.6. The SMILES string of the molecule is COc1cc(C)c(CN(C)C(C)C(=O)Nc2nccs2)cc1OC. The van der Waals surface area contributed by atoms with Crippen molar-refractivity contribution >= 4 is 22.4 Å². The number of nitrogens with one attached hydrogen (secondary N) is 1. The van der Waals surface area contributed by atoms with Crippen molar-refractivity contribution in [2.24, 2.45) is 0 Å². The number of thiazole rings is 1. The summed E-state index contributed by atoms with van der Waals surface area (Å²) >= 11 is 1.40. The Morgan fingerprint density at radius 2 is 2.00 bits per heavy atom. The third-order valence-electron chi connectivity index (χ3n) is 3.96. The highest BCUT2D eigenvalue weighted by Gasteiger charge is 2.20. The first-order chi connectivity index (χ1) is 11.5. The highest BCUT2D eigenvalue weighted by Crippen LogP contribution is 2.30. The fourth-order valence-electron chi connectivity index (χ4n) is 2.29. The van der Waals surface area contributed by atoms with Crippen LogP contribution in [0.25, 0.3) is 0 Å². The molecule has 130 valence electrons. The van der Waals surface area contributed by atoms with Gasteiger partial charge < -0.3 is 14.8 Å². The third kappa shape index (κ3) is 4.24. The maximum Gasteiger partial charge on any atom is 0.243 e. The molecule has 0 aliphatic heterocycles. The van der Waals surface area contributed by atoms with E-state index in [9.17, 15) is 4.79 Å². The van der Waals surface area contributed by atoms with Crippen LogP contribution in [0.2, 0.25) is 0 Å². The van der Waals surface area contributed by atoms with Crippen molar-refractivity contribution in [3.05, 3.63) is 34.8 Å². The Morgan fingerprint density at radius 1 is 1.33 bits per heavy atom. The fraction of sp³-hybridized carbons (Fsp3) is 0.412. The van der Waals surface area contributed by atoms with Gasteiger partial charge in [-0.3, -0.25) is 9.69 Å². The van der Waals surface area contributed by atoms with Gasteiger partial charge in [0.2, 0.25) is 5.91 Å². The summed E-state index contributed by atoms with van der Waals surface area (Å²) in [6.07, 6.45) is 1.67. The van der Waals surface area contributed by atoms with E-state index >= 15 is 0 Å². The number of aromatic nitrogens is 1. The van der Waals surface area contributed by atoms with Crippen molar-refractivity contribution in [1.82, 2.24) is 9.88 Å². The van der Waals surface area contributed by atoms with E-state index in [1.54, 1.807) is 20.4 Å². The van der Waals surface area contributed by atoms with E-state index in [1.807, 2.05) is 43.3 Å². The fourth-order valence-corrected chi connectivity index (χ4v) is 2.83. The number of nitrogens with zero attached hydrogens (tertiary/aromatic N) is 2. The number of carbonyl (C=O) groups is 1. The van der Waals surface area contributed by atoms with E-state index in [-0.39, 0.29) is 11.9 Å². The van der Waals surface area contributed by atoms with Gasteiger partial charge in [0.25, 0.3) is 0 Å². The number of benzene rings is 1. The molecular weight excluding hydrogens is 326 g/mol. The average molecular weight is 349 g/mol. The van der Waals surface area contributed by atoms with E-state index < -0.39 is 0 Å². The molecule has 0 bridgehead atoms. The second kappa shape index (κ2) is 8.12. The summed E-state index contributed by atoms with van der Waals surface area (Å²) < 4.78 is 10.7. The summed E-state index contributed by atoms with van der Waals surface area (Å²) in [5, 5.41) is 5.27. The quantitative estimate of drug-likeness (QED) is 0.833. The van der Waals surface area contributed by atoms with Crippen LogP contribution in [-0.2, 0) is 11.3 Å². The van der Waals surface area contributed by atoms with Gasteiger partial charge in [-0.15, -0.1) is 11.3 Å². The van der Waals surface area contributed by atoms with Crippen molar-refractivity contribution in [3.8, 4) is 11.5 Å². The summed E-state index contributed by atoms with van der Waals surface area (Å²) in [6.45, 7) is 4.52. The molecule has 6 nitrogen and oxygen atoms in total. The maximum absolute atomic E-state index is 12.3. The number of hydrogen-bond acceptors (Lipinski definition) is 6. The van der Waals surface area contributed by atoms with Gasteiger partial charge in [0.1, 0.15) is 0 Å². The summed E-state index contributed by atoms with van der Waals surface area (Å²) in [5.41, 5.74) is 2.18. The first kappa shape index (κ1) is 18.2. The monoisotopic (exact) mass is 349 g/mol. The Labute approximate surface area is 146 Å². The van der Waals surface area contributed by atoms with Gasteiger partial charge in [0.15, 0.2) is 16.6 Å². The van der Waals surface area contributed by atoms with Crippen LogP contribution < -0.4 is 14.8 Å². The summed E-state index contributed by atoms with van der Waals surface area (Å²) in [5.74, 6) is 1.31. The minimum Gasteiger partial charge on any atom is -0.493 e. The number of ether oxygens (including phenoxy) is 2. The predicted octanol–water partition coefficient (Wildman–Crippen LogP) is 2.93. The zero-order valence-corrected chi connectivity index (χ0v) is 15.4. The smallest absolute Gasteiger partial charge is 0.243 e. The molecule has 0 saturated carbocycles. The summed E-state index contributed by atoms with van der Waals surface area (Å²) in [7, 11) is 5.15. The van der Waals surface area contributed by atoms with Crippen LogP contribution >= 0.6 is 11.3 Å². The van der Waals surface area contributed by atoms with E-state index in [0.717, 1.165) is 11.1 Å². The second-order valence-electron chi connectivity index (χ2n) is 5.55. The number of rotatable bonds is 7. The van der Waals surface area contributed by atoms with Crippen molar-refractivity contribution in [2.45, 2.75) is 26.4 Å². The topological polar surface area (TPSA) is 63.7 Å². The Kier molecular flexibility index (Phi) is 6.16. The van der Waals surface area contributed by atoms with Gasteiger partial charge in [0, 0.05) is 18.1 Å². The van der Waals surface area contributed by atoms with Crippen molar-refractivity contribution in [1.29, 1.82) is 0 Å². The van der Waals surface area contributed by atoms with Gasteiger partial charge in [0.05, 0.1) is 20.3 Å². The number of aryl methyl sites for hydroxylation is 1. The first-order valence-corrected chi connectivity index (χ1v) is 8.46. The van der Waals surface area contributed by atoms with Crippen molar-refractivity contribution < 1.29 is 14.3 Å². The molecule has 1 atom stereocenters. The zero-order chi connectivity index (χ0) is 17.7. The Bertz CT molecular complexity index is 689. The van der Waals surface area contributed by atoms with Crippen LogP contribution in [-0.4, -0.2) is 43.1 Å². The lowest BCUT2D eigenvalue weighted by Gasteiger charge is -2.24. The molecule has 0 saturated heterocycles. The Hall–Kier alpha value is -2.12. The number of carbonyl (C=O) groups excluding carboxylic acids is 1. The molecule has 0 aliphatic carbocycles. The molecule has 0 fully saturated rings. The van der Waals surface area contributed by atoms with E-state index in [1.165, 1.54) is 11.3 Å². The van der Waals surface area contributed by atoms with Crippen molar-refractivity contribution in [2.75, 3.05) is 26.6 Å². The Morgan fingerprint density at radius 3 is 2.58 bits per heavy atom. The number of methoxy groups -OCH3 is 2. The average Bonchev–Trinajstić information content (AvgIpc) is 3.08. The van der Waals surface area contributed by atoms with Gasteiger partial charge in [-0.25, -0.2) is 4.98 Å². The lowest BCUT2D eigenvalue weighted by Crippen LogP contribution is -2.39. The molecule has 2 aromatic rings. The Balaban J connectivity index is 2.08. The standard InChI is InChI=1S/C17H23N3O3S/c1-11-8-14(22-4)15(23-5)9-13(11)10-20(3)12(2)16(21)19-17-18-6-7-24-17/h6-9,12H,10H2,1-5H3,(H,18,19,21). The number of likely N-dealkylation sites (N-methyl/N-ethyl adjacent to an activating group) is 1. The normalized spacial score (nSPS) is 12.1. The molecule has 1 aromatic carbocycles. The van der Waals surface area contributed by atoms with Crippen LogP contribution in [0.5, 0.6) is 11.5 Å². The molecule has 0 radical (unpaired) electrons. The largest absolute Gasteiger partial charge is 0.493 e. The van der Waals surface area contributed by atoms with Gasteiger partial charge in [-0.05, 0) is 44.2 Å². The molecule has 0 aliphatic rings. The summed E-state index contributed by atoms with van der Waals surface area (Å²) in [4.78, 5) is 18.4. The molecule has 1 aromatic heterocycles. The van der Waals surface area contributed by atoms with Gasteiger partial charge in [-0.1, -0.05) is 0 Å². The van der Waals surface area contributed by atoms with Crippen LogP contribution in [0.15, 0.2) is 23.7 Å². The second-order valence-corrected chi connectivity index (χ2v) is 6.45. The lowest BCUT2D eigenvalue weighted by molar-refractivity contribution is -0.120. The van der Waals surface area contributed by atoms with Crippen LogP contribution in [0.4, 0.5) is 5.13 Å². The highest BCUT2D eigenvalue weighted by molar-refractivity contribution is 7.13. The van der Waals surface area contributed by atoms with Crippen LogP contribution in [0.3, 0.4) is 0 Å². The summed E-state index contributed by atoms with van der Waals surface area (Å²) in [6, 6.07) is 3.61. The van der Waals surface area contributed by atoms with E-state index in [2.05, 4.69) is 10.3 Å². The highest BCUT2D eigenvalue weighted by atomic mass is 32.1. The first-order valence-electron chi connectivity index (χ1n) is 7.58. The number of anilines is 1. The molecule has 2 rings (SSSR count). The molecule has 24 heavy (non-hydrogen) atoms.